The molecule has 1 fully saturated rings. The topological polar surface area (TPSA) is 44.7 Å². The normalized spacial score (nSPS) is 25.5. The van der Waals surface area contributed by atoms with Crippen LogP contribution in [0.15, 0.2) is 88.1 Å². The summed E-state index contributed by atoms with van der Waals surface area (Å²) < 4.78 is 24.6. The number of benzene rings is 3. The van der Waals surface area contributed by atoms with Crippen LogP contribution in [0, 0.1) is 0 Å². The van der Waals surface area contributed by atoms with E-state index in [1.54, 1.807) is 0 Å². The van der Waals surface area contributed by atoms with Crippen molar-refractivity contribution in [1.82, 2.24) is 0 Å². The van der Waals surface area contributed by atoms with E-state index in [9.17, 15) is 4.55 Å². The maximum Gasteiger partial charge on any atom is 0.137 e. The predicted molar refractivity (Wildman–Crippen MR) is 108 cm³/mol. The highest BCUT2D eigenvalue weighted by atomic mass is 32.3. The molecule has 4 heteroatoms. The van der Waals surface area contributed by atoms with Crippen LogP contribution in [-0.4, -0.2) is 9.80 Å². The SMILES string of the molecule is [O-][S+]1(c2ccccc2)=Nc2cc(OCc3ccccc3)ccc2[C@@H]2CC[C@@H]21. The molecule has 0 saturated heterocycles. The predicted octanol–water partition coefficient (Wildman–Crippen LogP) is 5.68. The molecule has 0 N–H and O–H groups in total. The maximum atomic E-state index is 13.8. The van der Waals surface area contributed by atoms with Gasteiger partial charge in [0.25, 0.3) is 0 Å². The Labute approximate surface area is 160 Å². The average molecular weight is 375 g/mol. The minimum absolute atomic E-state index is 0.128. The molecule has 3 aromatic rings. The number of nitrogens with zero attached hydrogens (tertiary/aromatic N) is 1. The third kappa shape index (κ3) is 2.89. The van der Waals surface area contributed by atoms with Crippen molar-refractivity contribution in [2.45, 2.75) is 35.5 Å². The lowest BCUT2D eigenvalue weighted by atomic mass is 9.78. The summed E-state index contributed by atoms with van der Waals surface area (Å²) >= 11 is 0. The van der Waals surface area contributed by atoms with Crippen LogP contribution in [0.4, 0.5) is 5.69 Å². The molecule has 1 saturated carbocycles. The molecule has 27 heavy (non-hydrogen) atoms. The van der Waals surface area contributed by atoms with Crippen molar-refractivity contribution in [1.29, 1.82) is 0 Å². The Hall–Kier alpha value is -2.43. The molecule has 0 aromatic heterocycles. The number of hydrogen-bond acceptors (Lipinski definition) is 3. The van der Waals surface area contributed by atoms with Gasteiger partial charge in [-0.2, -0.15) is 0 Å². The van der Waals surface area contributed by atoms with Gasteiger partial charge in [0.2, 0.25) is 0 Å². The zero-order valence-corrected chi connectivity index (χ0v) is 15.8. The summed E-state index contributed by atoms with van der Waals surface area (Å²) in [6.07, 6.45) is 2.06. The van der Waals surface area contributed by atoms with E-state index in [2.05, 4.69) is 6.07 Å². The van der Waals surface area contributed by atoms with E-state index >= 15 is 0 Å². The third-order valence-electron chi connectivity index (χ3n) is 5.59. The molecule has 0 bridgehead atoms. The van der Waals surface area contributed by atoms with Gasteiger partial charge in [0.1, 0.15) is 28.2 Å². The molecule has 3 atom stereocenters. The summed E-state index contributed by atoms with van der Waals surface area (Å²) in [6.45, 7) is 0.514. The van der Waals surface area contributed by atoms with E-state index in [0.29, 0.717) is 12.5 Å². The summed E-state index contributed by atoms with van der Waals surface area (Å²) in [4.78, 5) is 0.848. The van der Waals surface area contributed by atoms with Crippen LogP contribution < -0.4 is 4.74 Å². The first-order chi connectivity index (χ1) is 13.2. The molecule has 0 amide bonds. The second-order valence-corrected chi connectivity index (χ2v) is 9.59. The lowest BCUT2D eigenvalue weighted by molar-refractivity contribution is 0.306. The van der Waals surface area contributed by atoms with Crippen molar-refractivity contribution in [2.24, 2.45) is 4.36 Å². The minimum Gasteiger partial charge on any atom is -0.626 e. The van der Waals surface area contributed by atoms with Crippen LogP contribution in [-0.2, 0) is 16.7 Å². The Morgan fingerprint density at radius 2 is 1.67 bits per heavy atom. The van der Waals surface area contributed by atoms with E-state index in [4.69, 9.17) is 9.10 Å². The number of ether oxygens (including phenoxy) is 1. The molecule has 1 unspecified atom stereocenters. The Morgan fingerprint density at radius 1 is 0.926 bits per heavy atom. The van der Waals surface area contributed by atoms with Crippen molar-refractivity contribution >= 4 is 15.8 Å². The third-order valence-corrected chi connectivity index (χ3v) is 8.39. The van der Waals surface area contributed by atoms with Gasteiger partial charge in [0.05, 0.1) is 0 Å². The highest BCUT2D eigenvalue weighted by molar-refractivity contribution is 8.00. The second-order valence-electron chi connectivity index (χ2n) is 7.19. The van der Waals surface area contributed by atoms with Gasteiger partial charge >= 0.3 is 0 Å². The van der Waals surface area contributed by atoms with Gasteiger partial charge in [-0.1, -0.05) is 54.6 Å². The minimum atomic E-state index is -2.44. The average Bonchev–Trinajstić information content (AvgIpc) is 2.68. The van der Waals surface area contributed by atoms with Crippen molar-refractivity contribution < 1.29 is 9.29 Å². The fraction of sp³-hybridized carbons (Fsp3) is 0.217. The maximum absolute atomic E-state index is 13.8. The number of hydrogen-bond donors (Lipinski definition) is 0. The molecular formula is C23H21NO2S. The van der Waals surface area contributed by atoms with Crippen LogP contribution in [0.2, 0.25) is 0 Å². The quantitative estimate of drug-likeness (QED) is 0.550. The van der Waals surface area contributed by atoms with Gasteiger partial charge in [-0.3, -0.25) is 0 Å². The smallest absolute Gasteiger partial charge is 0.137 e. The highest BCUT2D eigenvalue weighted by Gasteiger charge is 2.48. The van der Waals surface area contributed by atoms with Gasteiger partial charge < -0.3 is 9.29 Å². The summed E-state index contributed by atoms with van der Waals surface area (Å²) in [5, 5.41) is 0.128. The van der Waals surface area contributed by atoms with Crippen LogP contribution >= 0.6 is 0 Å². The molecule has 5 rings (SSSR count). The molecule has 0 spiro atoms. The molecule has 1 aliphatic heterocycles. The first-order valence-corrected chi connectivity index (χ1v) is 10.9. The van der Waals surface area contributed by atoms with Crippen molar-refractivity contribution in [2.75, 3.05) is 0 Å². The molecule has 1 aliphatic carbocycles. The van der Waals surface area contributed by atoms with E-state index in [1.807, 2.05) is 72.8 Å². The Bertz CT molecular complexity index is 1020. The fourth-order valence-electron chi connectivity index (χ4n) is 4.01. The summed E-state index contributed by atoms with van der Waals surface area (Å²) in [5.41, 5.74) is 3.17. The lowest BCUT2D eigenvalue weighted by Crippen LogP contribution is -2.43. The Kier molecular flexibility index (Phi) is 4.10. The molecule has 0 radical (unpaired) electrons. The van der Waals surface area contributed by atoms with Gasteiger partial charge in [-0.15, -0.1) is 4.36 Å². The van der Waals surface area contributed by atoms with Gasteiger partial charge in [0.15, 0.2) is 0 Å². The van der Waals surface area contributed by atoms with E-state index < -0.39 is 10.1 Å². The highest BCUT2D eigenvalue weighted by Crippen LogP contribution is 2.54. The molecular weight excluding hydrogens is 354 g/mol. The van der Waals surface area contributed by atoms with Crippen LogP contribution in [0.3, 0.4) is 0 Å². The standard InChI is InChI=1S/C23H21NO2S/c25-27(19-9-5-2-6-10-19)23-14-13-21(23)20-12-11-18(15-22(20)24-27)26-16-17-7-3-1-4-8-17/h1-12,15,21,23H,13-14,16H2/t21-,23-,27?/m0/s1. The molecule has 2 aliphatic rings. The molecule has 136 valence electrons. The van der Waals surface area contributed by atoms with Crippen molar-refractivity contribution in [3.05, 3.63) is 90.0 Å². The number of fused-ring (bicyclic) bond motifs is 3. The van der Waals surface area contributed by atoms with Crippen molar-refractivity contribution in [3.63, 3.8) is 0 Å². The molecule has 3 nitrogen and oxygen atoms in total. The van der Waals surface area contributed by atoms with Gasteiger partial charge in [0, 0.05) is 12.0 Å². The van der Waals surface area contributed by atoms with E-state index in [1.165, 1.54) is 5.56 Å². The Balaban J connectivity index is 1.50. The first-order valence-electron chi connectivity index (χ1n) is 9.36. The summed E-state index contributed by atoms with van der Waals surface area (Å²) in [6, 6.07) is 25.9. The monoisotopic (exact) mass is 375 g/mol. The first kappa shape index (κ1) is 16.7. The zero-order chi connectivity index (χ0) is 18.3. The van der Waals surface area contributed by atoms with Crippen LogP contribution in [0.1, 0.15) is 29.9 Å². The molecule has 3 aromatic carbocycles. The van der Waals surface area contributed by atoms with Gasteiger partial charge in [-0.25, -0.2) is 0 Å². The fourth-order valence-corrected chi connectivity index (χ4v) is 6.78. The van der Waals surface area contributed by atoms with Crippen molar-refractivity contribution in [3.8, 4) is 5.75 Å². The molecule has 1 heterocycles. The van der Waals surface area contributed by atoms with Crippen LogP contribution in [0.25, 0.3) is 0 Å². The zero-order valence-electron chi connectivity index (χ0n) is 15.0. The van der Waals surface area contributed by atoms with Gasteiger partial charge in [-0.05, 0) is 52.3 Å². The summed E-state index contributed by atoms with van der Waals surface area (Å²) in [5.74, 6) is 1.11. The Morgan fingerprint density at radius 3 is 2.37 bits per heavy atom. The van der Waals surface area contributed by atoms with E-state index in [-0.39, 0.29) is 5.25 Å². The lowest BCUT2D eigenvalue weighted by Gasteiger charge is -2.45. The van der Waals surface area contributed by atoms with E-state index in [0.717, 1.165) is 34.7 Å². The van der Waals surface area contributed by atoms with Crippen LogP contribution in [0.5, 0.6) is 5.75 Å². The number of rotatable bonds is 4. The largest absolute Gasteiger partial charge is 0.626 e. The summed E-state index contributed by atoms with van der Waals surface area (Å²) in [7, 11) is -2.44. The second kappa shape index (κ2) is 6.63.